The van der Waals surface area contributed by atoms with Gasteiger partial charge < -0.3 is 9.84 Å². The highest BCUT2D eigenvalue weighted by Gasteiger charge is 2.08. The maximum absolute atomic E-state index is 8.88. The van der Waals surface area contributed by atoms with Crippen LogP contribution in [0.15, 0.2) is 16.9 Å². The second-order valence-corrected chi connectivity index (χ2v) is 4.20. The molecule has 98 valence electrons. The van der Waals surface area contributed by atoms with Gasteiger partial charge in [0.25, 0.3) is 0 Å². The minimum atomic E-state index is 0.319. The zero-order chi connectivity index (χ0) is 13.7. The van der Waals surface area contributed by atoms with E-state index in [4.69, 9.17) is 9.78 Å². The zero-order valence-electron chi connectivity index (χ0n) is 11.0. The Kier molecular flexibility index (Phi) is 4.08. The molecule has 0 amide bonds. The summed E-state index contributed by atoms with van der Waals surface area (Å²) in [6, 6.07) is 2.01. The van der Waals surface area contributed by atoms with Crippen molar-refractivity contribution < 1.29 is 4.52 Å². The molecule has 19 heavy (non-hydrogen) atoms. The van der Waals surface area contributed by atoms with Crippen molar-refractivity contribution >= 4 is 5.82 Å². The van der Waals surface area contributed by atoms with Crippen molar-refractivity contribution in [2.75, 3.05) is 11.9 Å². The Bertz CT molecular complexity index is 580. The van der Waals surface area contributed by atoms with E-state index in [1.807, 2.05) is 19.9 Å². The molecule has 0 atom stereocenters. The first-order valence-electron chi connectivity index (χ1n) is 6.09. The number of aromatic nitrogens is 3. The fraction of sp³-hybridized carbons (Fsp3) is 0.385. The second-order valence-electron chi connectivity index (χ2n) is 4.20. The zero-order valence-corrected chi connectivity index (χ0v) is 11.0. The number of nitriles is 1. The van der Waals surface area contributed by atoms with Gasteiger partial charge in [0.15, 0.2) is 11.5 Å². The number of aryl methyl sites for hydroxylation is 2. The maximum atomic E-state index is 8.88. The minimum Gasteiger partial charge on any atom is -0.368 e. The summed E-state index contributed by atoms with van der Waals surface area (Å²) < 4.78 is 5.11. The first-order valence-corrected chi connectivity index (χ1v) is 6.09. The van der Waals surface area contributed by atoms with Crippen LogP contribution in [0.3, 0.4) is 0 Å². The van der Waals surface area contributed by atoms with Crippen molar-refractivity contribution in [3.05, 3.63) is 35.1 Å². The summed E-state index contributed by atoms with van der Waals surface area (Å²) >= 11 is 0. The lowest BCUT2D eigenvalue weighted by molar-refractivity contribution is 0.392. The molecule has 6 heteroatoms. The van der Waals surface area contributed by atoms with Crippen LogP contribution in [-0.2, 0) is 6.42 Å². The van der Waals surface area contributed by atoms with E-state index in [9.17, 15) is 0 Å². The van der Waals surface area contributed by atoms with Crippen molar-refractivity contribution in [1.82, 2.24) is 15.1 Å². The second kappa shape index (κ2) is 5.96. The summed E-state index contributed by atoms with van der Waals surface area (Å²) in [7, 11) is 0. The van der Waals surface area contributed by atoms with Crippen LogP contribution in [0.25, 0.3) is 0 Å². The van der Waals surface area contributed by atoms with Crippen LogP contribution in [0, 0.1) is 25.2 Å². The van der Waals surface area contributed by atoms with E-state index < -0.39 is 0 Å². The van der Waals surface area contributed by atoms with E-state index >= 15 is 0 Å². The molecule has 2 heterocycles. The lowest BCUT2D eigenvalue weighted by Crippen LogP contribution is -2.07. The van der Waals surface area contributed by atoms with Crippen molar-refractivity contribution in [3.8, 4) is 6.07 Å². The van der Waals surface area contributed by atoms with Gasteiger partial charge in [-0.05, 0) is 26.7 Å². The standard InChI is InChI=1S/C13H15N5O/c1-9-11(10(2)19-18-9)4-3-5-16-13-12(8-14)15-6-7-17-13/h6-7H,3-5H2,1-2H3,(H,16,17). The highest BCUT2D eigenvalue weighted by molar-refractivity contribution is 5.46. The minimum absolute atomic E-state index is 0.319. The van der Waals surface area contributed by atoms with Crippen LogP contribution in [0.1, 0.15) is 29.1 Å². The molecule has 0 aromatic carbocycles. The van der Waals surface area contributed by atoms with Gasteiger partial charge in [-0.1, -0.05) is 5.16 Å². The van der Waals surface area contributed by atoms with Crippen molar-refractivity contribution in [3.63, 3.8) is 0 Å². The molecular formula is C13H15N5O. The first kappa shape index (κ1) is 13.0. The quantitative estimate of drug-likeness (QED) is 0.824. The molecule has 0 bridgehead atoms. The molecule has 0 aliphatic heterocycles. The summed E-state index contributed by atoms with van der Waals surface area (Å²) in [4.78, 5) is 8.04. The van der Waals surface area contributed by atoms with Crippen molar-refractivity contribution in [1.29, 1.82) is 5.26 Å². The molecule has 0 aliphatic rings. The van der Waals surface area contributed by atoms with E-state index in [-0.39, 0.29) is 0 Å². The Hall–Kier alpha value is -2.42. The predicted molar refractivity (Wildman–Crippen MR) is 69.5 cm³/mol. The molecule has 2 aromatic heterocycles. The molecule has 0 unspecified atom stereocenters. The van der Waals surface area contributed by atoms with Crippen LogP contribution in [0.4, 0.5) is 5.82 Å². The molecule has 6 nitrogen and oxygen atoms in total. The van der Waals surface area contributed by atoms with Gasteiger partial charge in [-0.25, -0.2) is 9.97 Å². The normalized spacial score (nSPS) is 10.2. The molecule has 1 N–H and O–H groups in total. The third kappa shape index (κ3) is 3.07. The van der Waals surface area contributed by atoms with Gasteiger partial charge >= 0.3 is 0 Å². The van der Waals surface area contributed by atoms with E-state index in [0.29, 0.717) is 11.5 Å². The summed E-state index contributed by atoms with van der Waals surface area (Å²) in [6.07, 6.45) is 4.87. The fourth-order valence-corrected chi connectivity index (χ4v) is 1.88. The topological polar surface area (TPSA) is 87.6 Å². The number of anilines is 1. The van der Waals surface area contributed by atoms with Crippen LogP contribution in [0.5, 0.6) is 0 Å². The average molecular weight is 257 g/mol. The smallest absolute Gasteiger partial charge is 0.182 e. The fourth-order valence-electron chi connectivity index (χ4n) is 1.88. The molecule has 0 saturated heterocycles. The molecule has 0 spiro atoms. The van der Waals surface area contributed by atoms with Gasteiger partial charge in [-0.3, -0.25) is 0 Å². The summed E-state index contributed by atoms with van der Waals surface area (Å²) in [5.74, 6) is 1.40. The average Bonchev–Trinajstić information content (AvgIpc) is 2.75. The SMILES string of the molecule is Cc1noc(C)c1CCCNc1nccnc1C#N. The Labute approximate surface area is 111 Å². The predicted octanol–water partition coefficient (Wildman–Crippen LogP) is 2.00. The first-order chi connectivity index (χ1) is 9.22. The van der Waals surface area contributed by atoms with Gasteiger partial charge in [0.2, 0.25) is 0 Å². The van der Waals surface area contributed by atoms with Crippen molar-refractivity contribution in [2.45, 2.75) is 26.7 Å². The molecule has 0 aliphatic carbocycles. The molecular weight excluding hydrogens is 242 g/mol. The van der Waals surface area contributed by atoms with Gasteiger partial charge in [0, 0.05) is 24.5 Å². The third-order valence-corrected chi connectivity index (χ3v) is 2.88. The maximum Gasteiger partial charge on any atom is 0.182 e. The number of hydrogen-bond donors (Lipinski definition) is 1. The molecule has 2 aromatic rings. The van der Waals surface area contributed by atoms with E-state index in [2.05, 4.69) is 20.4 Å². The number of nitrogens with zero attached hydrogens (tertiary/aromatic N) is 4. The van der Waals surface area contributed by atoms with Crippen LogP contribution in [-0.4, -0.2) is 21.7 Å². The summed E-state index contributed by atoms with van der Waals surface area (Å²) in [5, 5.41) is 15.9. The summed E-state index contributed by atoms with van der Waals surface area (Å²) in [6.45, 7) is 4.58. The number of hydrogen-bond acceptors (Lipinski definition) is 6. The molecule has 0 fully saturated rings. The Morgan fingerprint density at radius 2 is 2.11 bits per heavy atom. The van der Waals surface area contributed by atoms with E-state index in [0.717, 1.165) is 36.4 Å². The van der Waals surface area contributed by atoms with Crippen LogP contribution >= 0.6 is 0 Å². The van der Waals surface area contributed by atoms with E-state index in [1.165, 1.54) is 6.20 Å². The Morgan fingerprint density at radius 1 is 1.32 bits per heavy atom. The summed E-state index contributed by atoms with van der Waals surface area (Å²) in [5.41, 5.74) is 2.41. The lowest BCUT2D eigenvalue weighted by Gasteiger charge is -2.05. The highest BCUT2D eigenvalue weighted by atomic mass is 16.5. The highest BCUT2D eigenvalue weighted by Crippen LogP contribution is 2.14. The molecule has 0 radical (unpaired) electrons. The molecule has 2 rings (SSSR count). The van der Waals surface area contributed by atoms with Gasteiger partial charge in [0.05, 0.1) is 5.69 Å². The van der Waals surface area contributed by atoms with Crippen LogP contribution < -0.4 is 5.32 Å². The lowest BCUT2D eigenvalue weighted by atomic mass is 10.1. The van der Waals surface area contributed by atoms with Gasteiger partial charge in [0.1, 0.15) is 11.8 Å². The molecule has 0 saturated carbocycles. The monoisotopic (exact) mass is 257 g/mol. The Balaban J connectivity index is 1.86. The Morgan fingerprint density at radius 3 is 2.79 bits per heavy atom. The number of rotatable bonds is 5. The van der Waals surface area contributed by atoms with Gasteiger partial charge in [-0.2, -0.15) is 5.26 Å². The van der Waals surface area contributed by atoms with Crippen molar-refractivity contribution in [2.24, 2.45) is 0 Å². The van der Waals surface area contributed by atoms with Crippen LogP contribution in [0.2, 0.25) is 0 Å². The number of nitrogens with one attached hydrogen (secondary N) is 1. The van der Waals surface area contributed by atoms with E-state index in [1.54, 1.807) is 6.20 Å². The third-order valence-electron chi connectivity index (χ3n) is 2.88. The largest absolute Gasteiger partial charge is 0.368 e. The van der Waals surface area contributed by atoms with Gasteiger partial charge in [-0.15, -0.1) is 0 Å².